The van der Waals surface area contributed by atoms with Gasteiger partial charge < -0.3 is 5.11 Å². The van der Waals surface area contributed by atoms with Gasteiger partial charge in [-0.3, -0.25) is 4.40 Å². The number of carboxylic acids is 1. The van der Waals surface area contributed by atoms with Crippen LogP contribution in [-0.2, 0) is 0 Å². The van der Waals surface area contributed by atoms with Crippen molar-refractivity contribution in [1.29, 1.82) is 0 Å². The smallest absolute Gasteiger partial charge is 0.354 e. The summed E-state index contributed by atoms with van der Waals surface area (Å²) in [6, 6.07) is 7.90. The van der Waals surface area contributed by atoms with Gasteiger partial charge >= 0.3 is 5.97 Å². The lowest BCUT2D eigenvalue weighted by atomic mass is 10.0. The maximum atomic E-state index is 11.3. The summed E-state index contributed by atoms with van der Waals surface area (Å²) in [7, 11) is 0. The highest BCUT2D eigenvalue weighted by Gasteiger charge is 2.18. The Kier molecular flexibility index (Phi) is 2.75. The molecule has 1 aromatic carbocycles. The predicted octanol–water partition coefficient (Wildman–Crippen LogP) is 2.71. The number of carbonyl (C=O) groups is 1. The van der Waals surface area contributed by atoms with Crippen molar-refractivity contribution in [3.63, 3.8) is 0 Å². The minimum absolute atomic E-state index is 0.155. The molecule has 2 aromatic heterocycles. The Hall–Kier alpha value is -2.69. The van der Waals surface area contributed by atoms with Crippen LogP contribution in [0.25, 0.3) is 16.8 Å². The molecular formula is C15H13N3O2. The molecule has 3 rings (SSSR count). The number of hydrogen-bond acceptors (Lipinski definition) is 3. The largest absolute Gasteiger partial charge is 0.477 e. The number of nitrogens with zero attached hydrogens (tertiary/aromatic N) is 3. The Morgan fingerprint density at radius 1 is 1.20 bits per heavy atom. The van der Waals surface area contributed by atoms with E-state index in [2.05, 4.69) is 9.97 Å². The van der Waals surface area contributed by atoms with Crippen LogP contribution in [0, 0.1) is 13.8 Å². The Bertz CT molecular complexity index is 821. The first-order valence-corrected chi connectivity index (χ1v) is 6.21. The van der Waals surface area contributed by atoms with Gasteiger partial charge in [-0.05, 0) is 25.0 Å². The van der Waals surface area contributed by atoms with Crippen molar-refractivity contribution in [2.24, 2.45) is 0 Å². The van der Waals surface area contributed by atoms with Crippen molar-refractivity contribution in [1.82, 2.24) is 14.4 Å². The molecule has 0 saturated carbocycles. The zero-order chi connectivity index (χ0) is 14.3. The number of aromatic nitrogens is 3. The summed E-state index contributed by atoms with van der Waals surface area (Å²) in [4.78, 5) is 19.9. The lowest BCUT2D eigenvalue weighted by Crippen LogP contribution is -2.04. The first-order chi connectivity index (χ1) is 9.59. The summed E-state index contributed by atoms with van der Waals surface area (Å²) in [5, 5.41) is 9.28. The number of aromatic carboxylic acids is 1. The Morgan fingerprint density at radius 3 is 2.65 bits per heavy atom. The molecular weight excluding hydrogens is 254 g/mol. The highest BCUT2D eigenvalue weighted by Crippen LogP contribution is 2.27. The maximum absolute atomic E-state index is 11.3. The highest BCUT2D eigenvalue weighted by atomic mass is 16.4. The fourth-order valence-corrected chi connectivity index (χ4v) is 2.40. The van der Waals surface area contributed by atoms with Crippen LogP contribution in [0.15, 0.2) is 36.8 Å². The number of carboxylic acid groups (broad SMARTS) is 1. The van der Waals surface area contributed by atoms with E-state index in [-0.39, 0.29) is 5.69 Å². The molecule has 0 amide bonds. The third-order valence-electron chi connectivity index (χ3n) is 3.35. The van der Waals surface area contributed by atoms with E-state index in [1.54, 1.807) is 13.1 Å². The summed E-state index contributed by atoms with van der Waals surface area (Å²) in [5.41, 5.74) is 4.20. The van der Waals surface area contributed by atoms with Crippen LogP contribution < -0.4 is 0 Å². The Balaban J connectivity index is 2.37. The Morgan fingerprint density at radius 2 is 1.95 bits per heavy atom. The predicted molar refractivity (Wildman–Crippen MR) is 74.9 cm³/mol. The minimum atomic E-state index is -1.00. The van der Waals surface area contributed by atoms with Gasteiger partial charge in [-0.2, -0.15) is 0 Å². The molecule has 100 valence electrons. The van der Waals surface area contributed by atoms with Gasteiger partial charge in [0.15, 0.2) is 5.69 Å². The van der Waals surface area contributed by atoms with E-state index in [1.165, 1.54) is 10.7 Å². The molecule has 3 aromatic rings. The van der Waals surface area contributed by atoms with Crippen molar-refractivity contribution < 1.29 is 9.90 Å². The first-order valence-electron chi connectivity index (χ1n) is 6.21. The average molecular weight is 267 g/mol. The van der Waals surface area contributed by atoms with Crippen LogP contribution in [-0.4, -0.2) is 25.4 Å². The summed E-state index contributed by atoms with van der Waals surface area (Å²) in [5.74, 6) is -1.00. The summed E-state index contributed by atoms with van der Waals surface area (Å²) < 4.78 is 1.53. The van der Waals surface area contributed by atoms with Crippen molar-refractivity contribution in [3.05, 3.63) is 53.7 Å². The van der Waals surface area contributed by atoms with Gasteiger partial charge in [-0.1, -0.05) is 24.3 Å². The summed E-state index contributed by atoms with van der Waals surface area (Å²) in [6.45, 7) is 3.70. The maximum Gasteiger partial charge on any atom is 0.354 e. The van der Waals surface area contributed by atoms with Gasteiger partial charge in [0.05, 0.1) is 5.69 Å². The molecule has 0 fully saturated rings. The second-order valence-corrected chi connectivity index (χ2v) is 4.67. The van der Waals surface area contributed by atoms with Gasteiger partial charge in [-0.15, -0.1) is 0 Å². The SMILES string of the molecule is Cc1ccccc1-c1cncn2c(C(=O)O)c(C)nc12. The molecule has 5 heteroatoms. The van der Waals surface area contributed by atoms with Crippen molar-refractivity contribution in [2.75, 3.05) is 0 Å². The van der Waals surface area contributed by atoms with Gasteiger partial charge in [0.25, 0.3) is 0 Å². The number of imidazole rings is 1. The monoisotopic (exact) mass is 267 g/mol. The van der Waals surface area contributed by atoms with Crippen LogP contribution in [0.5, 0.6) is 0 Å². The van der Waals surface area contributed by atoms with Crippen LogP contribution in [0.4, 0.5) is 0 Å². The van der Waals surface area contributed by atoms with E-state index in [9.17, 15) is 9.90 Å². The number of benzene rings is 1. The fraction of sp³-hybridized carbons (Fsp3) is 0.133. The summed E-state index contributed by atoms with van der Waals surface area (Å²) >= 11 is 0. The quantitative estimate of drug-likeness (QED) is 0.775. The lowest BCUT2D eigenvalue weighted by Gasteiger charge is -2.06. The zero-order valence-corrected chi connectivity index (χ0v) is 11.2. The molecule has 0 aliphatic carbocycles. The number of hydrogen-bond donors (Lipinski definition) is 1. The standard InChI is InChI=1S/C15H13N3O2/c1-9-5-3-4-6-11(9)12-7-16-8-18-13(15(19)20)10(2)17-14(12)18/h3-8H,1-2H3,(H,19,20). The topological polar surface area (TPSA) is 67.5 Å². The van der Waals surface area contributed by atoms with Crippen molar-refractivity contribution in [2.45, 2.75) is 13.8 Å². The highest BCUT2D eigenvalue weighted by molar-refractivity contribution is 5.90. The molecule has 0 aliphatic heterocycles. The van der Waals surface area contributed by atoms with E-state index < -0.39 is 5.97 Å². The van der Waals surface area contributed by atoms with Crippen LogP contribution in [0.3, 0.4) is 0 Å². The molecule has 0 bridgehead atoms. The van der Waals surface area contributed by atoms with Crippen molar-refractivity contribution in [3.8, 4) is 11.1 Å². The van der Waals surface area contributed by atoms with Gasteiger partial charge in [0, 0.05) is 11.8 Å². The van der Waals surface area contributed by atoms with E-state index in [0.29, 0.717) is 11.3 Å². The van der Waals surface area contributed by atoms with Crippen LogP contribution in [0.1, 0.15) is 21.7 Å². The summed E-state index contributed by atoms with van der Waals surface area (Å²) in [6.07, 6.45) is 3.20. The van der Waals surface area contributed by atoms with E-state index in [1.807, 2.05) is 31.2 Å². The molecule has 0 atom stereocenters. The van der Waals surface area contributed by atoms with Crippen LogP contribution >= 0.6 is 0 Å². The molecule has 0 saturated heterocycles. The second-order valence-electron chi connectivity index (χ2n) is 4.67. The third-order valence-corrected chi connectivity index (χ3v) is 3.35. The molecule has 0 unspecified atom stereocenters. The zero-order valence-electron chi connectivity index (χ0n) is 11.2. The van der Waals surface area contributed by atoms with Gasteiger partial charge in [0.1, 0.15) is 12.0 Å². The molecule has 20 heavy (non-hydrogen) atoms. The van der Waals surface area contributed by atoms with Crippen LogP contribution in [0.2, 0.25) is 0 Å². The first kappa shape index (κ1) is 12.3. The van der Waals surface area contributed by atoms with Crippen molar-refractivity contribution >= 4 is 11.6 Å². The fourth-order valence-electron chi connectivity index (χ4n) is 2.40. The molecule has 1 N–H and O–H groups in total. The van der Waals surface area contributed by atoms with Gasteiger partial charge in [0.2, 0.25) is 0 Å². The normalized spacial score (nSPS) is 10.9. The average Bonchev–Trinajstić information content (AvgIpc) is 2.75. The Labute approximate surface area is 115 Å². The lowest BCUT2D eigenvalue weighted by molar-refractivity contribution is 0.0688. The number of rotatable bonds is 2. The molecule has 5 nitrogen and oxygen atoms in total. The third kappa shape index (κ3) is 1.75. The van der Waals surface area contributed by atoms with Gasteiger partial charge in [-0.25, -0.2) is 14.8 Å². The molecule has 0 spiro atoms. The van der Waals surface area contributed by atoms with E-state index in [4.69, 9.17) is 0 Å². The molecule has 0 radical (unpaired) electrons. The molecule has 2 heterocycles. The number of aryl methyl sites for hydroxylation is 2. The molecule has 0 aliphatic rings. The second kappa shape index (κ2) is 4.45. The van der Waals surface area contributed by atoms with E-state index in [0.717, 1.165) is 16.7 Å². The minimum Gasteiger partial charge on any atom is -0.477 e. The van der Waals surface area contributed by atoms with E-state index >= 15 is 0 Å². The number of fused-ring (bicyclic) bond motifs is 1.